The molecule has 1 aromatic rings. The molecule has 1 aromatic carbocycles. The van der Waals surface area contributed by atoms with Crippen LogP contribution in [-0.4, -0.2) is 17.6 Å². The lowest BCUT2D eigenvalue weighted by atomic mass is 9.90. The summed E-state index contributed by atoms with van der Waals surface area (Å²) in [6.07, 6.45) is 2.50. The van der Waals surface area contributed by atoms with Crippen LogP contribution in [0.15, 0.2) is 24.3 Å². The van der Waals surface area contributed by atoms with E-state index in [1.807, 2.05) is 0 Å². The summed E-state index contributed by atoms with van der Waals surface area (Å²) in [7, 11) is 0. The third kappa shape index (κ3) is 7.29. The quantitative estimate of drug-likeness (QED) is 0.490. The lowest BCUT2D eigenvalue weighted by Crippen LogP contribution is -2.27. The van der Waals surface area contributed by atoms with E-state index in [-0.39, 0.29) is 11.4 Å². The number of ether oxygens (including phenoxy) is 1. The molecule has 0 aliphatic heterocycles. The van der Waals surface area contributed by atoms with E-state index >= 15 is 0 Å². The Hall–Kier alpha value is -2.11. The summed E-state index contributed by atoms with van der Waals surface area (Å²) >= 11 is 0. The second-order valence-corrected chi connectivity index (χ2v) is 6.09. The molecule has 1 rings (SSSR count). The predicted octanol–water partition coefficient (Wildman–Crippen LogP) is 3.90. The number of nitrogens with zero attached hydrogens (tertiary/aromatic N) is 1. The molecule has 116 valence electrons. The van der Waals surface area contributed by atoms with Crippen molar-refractivity contribution in [3.05, 3.63) is 34.4 Å². The zero-order valence-electron chi connectivity index (χ0n) is 12.7. The van der Waals surface area contributed by atoms with Crippen molar-refractivity contribution < 1.29 is 14.5 Å². The number of nitro benzene ring substituents is 1. The van der Waals surface area contributed by atoms with Crippen LogP contribution in [0.2, 0.25) is 0 Å². The SMILES string of the molecule is CC(C)(C)CCCCNC(=O)Oc1ccc([N+](=O)[O-])cc1. The standard InChI is InChI=1S/C15H22N2O4/c1-15(2,3)10-4-5-11-16-14(18)21-13-8-6-12(7-9-13)17(19)20/h6-9H,4-5,10-11H2,1-3H3,(H,16,18). The van der Waals surface area contributed by atoms with Gasteiger partial charge in [-0.2, -0.15) is 0 Å². The molecule has 6 nitrogen and oxygen atoms in total. The molecule has 1 amide bonds. The van der Waals surface area contributed by atoms with Gasteiger partial charge in [-0.3, -0.25) is 10.1 Å². The summed E-state index contributed by atoms with van der Waals surface area (Å²) in [6.45, 7) is 7.11. The highest BCUT2D eigenvalue weighted by Crippen LogP contribution is 2.21. The van der Waals surface area contributed by atoms with E-state index in [4.69, 9.17) is 4.74 Å². The number of carbonyl (C=O) groups excluding carboxylic acids is 1. The minimum atomic E-state index is -0.542. The molecule has 0 saturated carbocycles. The molecule has 0 saturated heterocycles. The fraction of sp³-hybridized carbons (Fsp3) is 0.533. The van der Waals surface area contributed by atoms with Gasteiger partial charge in [0.05, 0.1) is 4.92 Å². The summed E-state index contributed by atoms with van der Waals surface area (Å²) in [5.41, 5.74) is 0.268. The van der Waals surface area contributed by atoms with E-state index in [1.54, 1.807) is 0 Å². The minimum Gasteiger partial charge on any atom is -0.410 e. The summed E-state index contributed by atoms with van der Waals surface area (Å²) < 4.78 is 5.02. The lowest BCUT2D eigenvalue weighted by Gasteiger charge is -2.17. The van der Waals surface area contributed by atoms with Crippen molar-refractivity contribution in [2.24, 2.45) is 5.41 Å². The van der Waals surface area contributed by atoms with E-state index < -0.39 is 11.0 Å². The second kappa shape index (κ2) is 7.61. The fourth-order valence-corrected chi connectivity index (χ4v) is 1.75. The number of non-ortho nitro benzene ring substituents is 1. The van der Waals surface area contributed by atoms with Gasteiger partial charge in [-0.1, -0.05) is 27.2 Å². The molecule has 0 aliphatic carbocycles. The number of hydrogen-bond donors (Lipinski definition) is 1. The van der Waals surface area contributed by atoms with Gasteiger partial charge in [0.25, 0.3) is 5.69 Å². The first kappa shape index (κ1) is 16.9. The van der Waals surface area contributed by atoms with Gasteiger partial charge in [-0.05, 0) is 30.4 Å². The first-order chi connectivity index (χ1) is 9.78. The van der Waals surface area contributed by atoms with Gasteiger partial charge in [0.15, 0.2) is 0 Å². The highest BCUT2D eigenvalue weighted by Gasteiger charge is 2.10. The normalized spacial score (nSPS) is 11.0. The van der Waals surface area contributed by atoms with Gasteiger partial charge in [-0.15, -0.1) is 0 Å². The van der Waals surface area contributed by atoms with Crippen molar-refractivity contribution in [1.29, 1.82) is 0 Å². The van der Waals surface area contributed by atoms with Crippen LogP contribution in [0.3, 0.4) is 0 Å². The molecule has 0 aromatic heterocycles. The average Bonchev–Trinajstić information content (AvgIpc) is 2.37. The molecule has 0 unspecified atom stereocenters. The van der Waals surface area contributed by atoms with Crippen molar-refractivity contribution >= 4 is 11.8 Å². The van der Waals surface area contributed by atoms with E-state index in [9.17, 15) is 14.9 Å². The zero-order valence-corrected chi connectivity index (χ0v) is 12.7. The van der Waals surface area contributed by atoms with E-state index in [0.717, 1.165) is 19.3 Å². The molecule has 0 fully saturated rings. The first-order valence-corrected chi connectivity index (χ1v) is 6.98. The zero-order chi connectivity index (χ0) is 15.9. The molecule has 0 heterocycles. The number of rotatable bonds is 6. The Bertz CT molecular complexity index is 477. The van der Waals surface area contributed by atoms with Crippen molar-refractivity contribution in [2.75, 3.05) is 6.54 Å². The number of carbonyl (C=O) groups is 1. The van der Waals surface area contributed by atoms with Crippen LogP contribution >= 0.6 is 0 Å². The van der Waals surface area contributed by atoms with Gasteiger partial charge in [0.2, 0.25) is 0 Å². The van der Waals surface area contributed by atoms with Gasteiger partial charge < -0.3 is 10.1 Å². The van der Waals surface area contributed by atoms with E-state index in [0.29, 0.717) is 12.0 Å². The smallest absolute Gasteiger partial charge is 0.410 e. The Labute approximate surface area is 124 Å². The van der Waals surface area contributed by atoms with Crippen LogP contribution in [0.5, 0.6) is 5.75 Å². The van der Waals surface area contributed by atoms with Gasteiger partial charge in [0.1, 0.15) is 5.75 Å². The van der Waals surface area contributed by atoms with Crippen molar-refractivity contribution in [1.82, 2.24) is 5.32 Å². The lowest BCUT2D eigenvalue weighted by molar-refractivity contribution is -0.384. The number of benzene rings is 1. The number of nitrogens with one attached hydrogen (secondary N) is 1. The average molecular weight is 294 g/mol. The predicted molar refractivity (Wildman–Crippen MR) is 80.4 cm³/mol. The highest BCUT2D eigenvalue weighted by atomic mass is 16.6. The van der Waals surface area contributed by atoms with Gasteiger partial charge >= 0.3 is 6.09 Å². The Kier molecular flexibility index (Phi) is 6.14. The molecular weight excluding hydrogens is 272 g/mol. The molecule has 0 aliphatic rings. The summed E-state index contributed by atoms with van der Waals surface area (Å²) in [5, 5.41) is 13.2. The Morgan fingerprint density at radius 3 is 2.38 bits per heavy atom. The minimum absolute atomic E-state index is 0.0371. The molecule has 6 heteroatoms. The van der Waals surface area contributed by atoms with E-state index in [2.05, 4.69) is 26.1 Å². The molecule has 21 heavy (non-hydrogen) atoms. The fourth-order valence-electron chi connectivity index (χ4n) is 1.75. The van der Waals surface area contributed by atoms with Crippen LogP contribution in [-0.2, 0) is 0 Å². The summed E-state index contributed by atoms with van der Waals surface area (Å²) in [5.74, 6) is 0.285. The largest absolute Gasteiger partial charge is 0.412 e. The van der Waals surface area contributed by atoms with Crippen LogP contribution in [0, 0.1) is 15.5 Å². The summed E-state index contributed by atoms with van der Waals surface area (Å²) in [4.78, 5) is 21.5. The third-order valence-corrected chi connectivity index (χ3v) is 2.88. The molecule has 0 atom stereocenters. The number of amides is 1. The topological polar surface area (TPSA) is 81.5 Å². The van der Waals surface area contributed by atoms with Gasteiger partial charge in [-0.25, -0.2) is 4.79 Å². The number of hydrogen-bond acceptors (Lipinski definition) is 4. The van der Waals surface area contributed by atoms with Crippen molar-refractivity contribution in [3.63, 3.8) is 0 Å². The molecule has 0 bridgehead atoms. The van der Waals surface area contributed by atoms with Crippen LogP contribution < -0.4 is 10.1 Å². The maximum atomic E-state index is 11.5. The Morgan fingerprint density at radius 2 is 1.86 bits per heavy atom. The Morgan fingerprint density at radius 1 is 1.24 bits per heavy atom. The van der Waals surface area contributed by atoms with E-state index in [1.165, 1.54) is 24.3 Å². The van der Waals surface area contributed by atoms with Crippen LogP contribution in [0.25, 0.3) is 0 Å². The molecular formula is C15H22N2O4. The number of unbranched alkanes of at least 4 members (excludes halogenated alkanes) is 1. The maximum absolute atomic E-state index is 11.5. The van der Waals surface area contributed by atoms with Crippen LogP contribution in [0.4, 0.5) is 10.5 Å². The molecule has 0 radical (unpaired) electrons. The Balaban J connectivity index is 2.26. The first-order valence-electron chi connectivity index (χ1n) is 6.98. The second-order valence-electron chi connectivity index (χ2n) is 6.09. The molecule has 0 spiro atoms. The van der Waals surface area contributed by atoms with Crippen molar-refractivity contribution in [3.8, 4) is 5.75 Å². The number of nitro groups is 1. The maximum Gasteiger partial charge on any atom is 0.412 e. The van der Waals surface area contributed by atoms with Crippen LogP contribution in [0.1, 0.15) is 40.0 Å². The highest BCUT2D eigenvalue weighted by molar-refractivity contribution is 5.70. The summed E-state index contributed by atoms with van der Waals surface area (Å²) in [6, 6.07) is 5.40. The third-order valence-electron chi connectivity index (χ3n) is 2.88. The van der Waals surface area contributed by atoms with Gasteiger partial charge in [0, 0.05) is 18.7 Å². The monoisotopic (exact) mass is 294 g/mol. The molecule has 1 N–H and O–H groups in total. The van der Waals surface area contributed by atoms with Crippen molar-refractivity contribution in [2.45, 2.75) is 40.0 Å².